The first-order valence-electron chi connectivity index (χ1n) is 8.76. The van der Waals surface area contributed by atoms with E-state index < -0.39 is 0 Å². The van der Waals surface area contributed by atoms with Crippen molar-refractivity contribution in [2.75, 3.05) is 27.2 Å². The molecule has 0 N–H and O–H groups in total. The van der Waals surface area contributed by atoms with E-state index in [9.17, 15) is 0 Å². The molecule has 1 aliphatic carbocycles. The van der Waals surface area contributed by atoms with Gasteiger partial charge in [-0.15, -0.1) is 0 Å². The number of guanidine groups is 1. The fourth-order valence-corrected chi connectivity index (χ4v) is 3.90. The molecular weight excluding hydrogens is 270 g/mol. The van der Waals surface area contributed by atoms with E-state index in [1.165, 1.54) is 50.2 Å². The quantitative estimate of drug-likeness (QED) is 0.830. The molecule has 0 spiro atoms. The second-order valence-electron chi connectivity index (χ2n) is 7.01. The summed E-state index contributed by atoms with van der Waals surface area (Å²) in [6.07, 6.45) is 8.18. The molecule has 1 fully saturated rings. The SMILES string of the molecule is CN(C)C1=NC[C@H](Cc2ccccc2)N1CCC1CCCC1. The van der Waals surface area contributed by atoms with Gasteiger partial charge in [-0.3, -0.25) is 4.99 Å². The third-order valence-corrected chi connectivity index (χ3v) is 5.11. The molecule has 2 aliphatic rings. The highest BCUT2D eigenvalue weighted by Gasteiger charge is 2.29. The molecule has 1 heterocycles. The van der Waals surface area contributed by atoms with Crippen molar-refractivity contribution in [3.8, 4) is 0 Å². The fourth-order valence-electron chi connectivity index (χ4n) is 3.90. The van der Waals surface area contributed by atoms with Crippen LogP contribution in [-0.2, 0) is 6.42 Å². The summed E-state index contributed by atoms with van der Waals surface area (Å²) in [4.78, 5) is 9.55. The second kappa shape index (κ2) is 7.17. The molecule has 0 radical (unpaired) electrons. The van der Waals surface area contributed by atoms with Crippen LogP contribution in [0.5, 0.6) is 0 Å². The Morgan fingerprint density at radius 1 is 1.14 bits per heavy atom. The zero-order chi connectivity index (χ0) is 15.4. The minimum atomic E-state index is 0.529. The van der Waals surface area contributed by atoms with Gasteiger partial charge in [-0.25, -0.2) is 0 Å². The number of benzene rings is 1. The number of rotatable bonds is 5. The average molecular weight is 299 g/mol. The summed E-state index contributed by atoms with van der Waals surface area (Å²) in [5.74, 6) is 2.13. The molecule has 0 amide bonds. The molecule has 1 aromatic rings. The molecule has 0 unspecified atom stereocenters. The summed E-state index contributed by atoms with van der Waals surface area (Å²) in [6.45, 7) is 2.10. The summed E-state index contributed by atoms with van der Waals surface area (Å²) in [5, 5.41) is 0. The van der Waals surface area contributed by atoms with E-state index in [-0.39, 0.29) is 0 Å². The Bertz CT molecular complexity index is 489. The lowest BCUT2D eigenvalue weighted by Gasteiger charge is -2.31. The van der Waals surface area contributed by atoms with Crippen molar-refractivity contribution < 1.29 is 0 Å². The van der Waals surface area contributed by atoms with E-state index in [0.29, 0.717) is 6.04 Å². The van der Waals surface area contributed by atoms with Gasteiger partial charge in [-0.05, 0) is 24.3 Å². The molecule has 22 heavy (non-hydrogen) atoms. The van der Waals surface area contributed by atoms with Gasteiger partial charge in [0.05, 0.1) is 12.6 Å². The maximum Gasteiger partial charge on any atom is 0.196 e. The maximum atomic E-state index is 4.81. The highest BCUT2D eigenvalue weighted by molar-refractivity contribution is 5.81. The number of hydrogen-bond donors (Lipinski definition) is 0. The van der Waals surface area contributed by atoms with Gasteiger partial charge in [-0.1, -0.05) is 56.0 Å². The lowest BCUT2D eigenvalue weighted by Crippen LogP contribution is -2.44. The smallest absolute Gasteiger partial charge is 0.196 e. The number of hydrogen-bond acceptors (Lipinski definition) is 3. The van der Waals surface area contributed by atoms with Crippen molar-refractivity contribution in [3.63, 3.8) is 0 Å². The Balaban J connectivity index is 1.63. The lowest BCUT2D eigenvalue weighted by atomic mass is 10.0. The van der Waals surface area contributed by atoms with Crippen molar-refractivity contribution in [1.29, 1.82) is 0 Å². The molecule has 1 atom stereocenters. The van der Waals surface area contributed by atoms with Gasteiger partial charge < -0.3 is 9.80 Å². The van der Waals surface area contributed by atoms with Crippen molar-refractivity contribution in [1.82, 2.24) is 9.80 Å². The molecule has 3 nitrogen and oxygen atoms in total. The van der Waals surface area contributed by atoms with Crippen LogP contribution in [0.25, 0.3) is 0 Å². The van der Waals surface area contributed by atoms with E-state index in [1.54, 1.807) is 0 Å². The van der Waals surface area contributed by atoms with Gasteiger partial charge in [0.25, 0.3) is 0 Å². The Labute approximate surface area is 135 Å². The molecule has 0 bridgehead atoms. The van der Waals surface area contributed by atoms with E-state index >= 15 is 0 Å². The minimum Gasteiger partial charge on any atom is -0.349 e. The van der Waals surface area contributed by atoms with E-state index in [0.717, 1.165) is 18.9 Å². The zero-order valence-corrected chi connectivity index (χ0v) is 14.0. The second-order valence-corrected chi connectivity index (χ2v) is 7.01. The highest BCUT2D eigenvalue weighted by atomic mass is 15.4. The Kier molecular flexibility index (Phi) is 5.01. The molecule has 1 aromatic carbocycles. The van der Waals surface area contributed by atoms with Gasteiger partial charge >= 0.3 is 0 Å². The molecular formula is C19H29N3. The predicted molar refractivity (Wildman–Crippen MR) is 93.2 cm³/mol. The summed E-state index contributed by atoms with van der Waals surface area (Å²) in [6, 6.07) is 11.4. The minimum absolute atomic E-state index is 0.529. The molecule has 0 saturated heterocycles. The summed E-state index contributed by atoms with van der Waals surface area (Å²) >= 11 is 0. The summed E-state index contributed by atoms with van der Waals surface area (Å²) in [7, 11) is 4.23. The van der Waals surface area contributed by atoms with Crippen molar-refractivity contribution >= 4 is 5.96 Å². The third kappa shape index (κ3) is 3.63. The van der Waals surface area contributed by atoms with Gasteiger partial charge in [0.1, 0.15) is 0 Å². The van der Waals surface area contributed by atoms with Crippen molar-refractivity contribution in [2.24, 2.45) is 10.9 Å². The number of nitrogens with zero attached hydrogens (tertiary/aromatic N) is 3. The molecule has 1 saturated carbocycles. The fraction of sp³-hybridized carbons (Fsp3) is 0.632. The van der Waals surface area contributed by atoms with Crippen LogP contribution in [0.3, 0.4) is 0 Å². The van der Waals surface area contributed by atoms with Gasteiger partial charge in [0.15, 0.2) is 5.96 Å². The van der Waals surface area contributed by atoms with Crippen molar-refractivity contribution in [2.45, 2.75) is 44.6 Å². The summed E-state index contributed by atoms with van der Waals surface area (Å²) < 4.78 is 0. The number of aliphatic imine (C=N–C) groups is 1. The van der Waals surface area contributed by atoms with E-state index in [4.69, 9.17) is 4.99 Å². The monoisotopic (exact) mass is 299 g/mol. The van der Waals surface area contributed by atoms with Gasteiger partial charge in [0, 0.05) is 20.6 Å². The Morgan fingerprint density at radius 3 is 2.55 bits per heavy atom. The topological polar surface area (TPSA) is 18.8 Å². The van der Waals surface area contributed by atoms with Crippen LogP contribution in [0.2, 0.25) is 0 Å². The Hall–Kier alpha value is -1.51. The van der Waals surface area contributed by atoms with Crippen molar-refractivity contribution in [3.05, 3.63) is 35.9 Å². The van der Waals surface area contributed by atoms with Crippen LogP contribution in [-0.4, -0.2) is 49.0 Å². The van der Waals surface area contributed by atoms with Crippen LogP contribution >= 0.6 is 0 Å². The molecule has 120 valence electrons. The Morgan fingerprint density at radius 2 is 1.86 bits per heavy atom. The highest BCUT2D eigenvalue weighted by Crippen LogP contribution is 2.28. The van der Waals surface area contributed by atoms with Gasteiger partial charge in [-0.2, -0.15) is 0 Å². The maximum absolute atomic E-state index is 4.81. The van der Waals surface area contributed by atoms with E-state index in [2.05, 4.69) is 54.2 Å². The molecule has 0 aromatic heterocycles. The molecule has 3 heteroatoms. The summed E-state index contributed by atoms with van der Waals surface area (Å²) in [5.41, 5.74) is 1.42. The standard InChI is InChI=1S/C19H29N3/c1-21(2)19-20-15-18(14-17-10-4-3-5-11-17)22(19)13-12-16-8-6-7-9-16/h3-5,10-11,16,18H,6-9,12-15H2,1-2H3/t18-/m0/s1. The predicted octanol–water partition coefficient (Wildman–Crippen LogP) is 3.41. The first-order valence-corrected chi connectivity index (χ1v) is 8.76. The first-order chi connectivity index (χ1) is 10.7. The average Bonchev–Trinajstić information content (AvgIpc) is 3.16. The lowest BCUT2D eigenvalue weighted by molar-refractivity contribution is 0.286. The molecule has 3 rings (SSSR count). The zero-order valence-electron chi connectivity index (χ0n) is 14.0. The van der Waals surface area contributed by atoms with Crippen LogP contribution in [0, 0.1) is 5.92 Å². The van der Waals surface area contributed by atoms with Crippen LogP contribution in [0.1, 0.15) is 37.7 Å². The van der Waals surface area contributed by atoms with Gasteiger partial charge in [0.2, 0.25) is 0 Å². The molecule has 1 aliphatic heterocycles. The van der Waals surface area contributed by atoms with E-state index in [1.807, 2.05) is 0 Å². The largest absolute Gasteiger partial charge is 0.349 e. The van der Waals surface area contributed by atoms with Crippen LogP contribution < -0.4 is 0 Å². The normalized spacial score (nSPS) is 22.2. The van der Waals surface area contributed by atoms with Crippen LogP contribution in [0.15, 0.2) is 35.3 Å². The first kappa shape index (κ1) is 15.4. The van der Waals surface area contributed by atoms with Crippen LogP contribution in [0.4, 0.5) is 0 Å². The third-order valence-electron chi connectivity index (χ3n) is 5.11.